The van der Waals surface area contributed by atoms with Crippen LogP contribution >= 0.6 is 0 Å². The van der Waals surface area contributed by atoms with Crippen LogP contribution in [-0.2, 0) is 32.5 Å². The lowest BCUT2D eigenvalue weighted by molar-refractivity contribution is -0.138. The first-order valence-electron chi connectivity index (χ1n) is 12.4. The Morgan fingerprint density at radius 1 is 0.919 bits per heavy atom. The Morgan fingerprint density at radius 3 is 2.16 bits per heavy atom. The van der Waals surface area contributed by atoms with E-state index in [9.17, 15) is 18.0 Å². The van der Waals surface area contributed by atoms with E-state index in [1.165, 1.54) is 16.3 Å². The lowest BCUT2D eigenvalue weighted by atomic mass is 10.1. The van der Waals surface area contributed by atoms with E-state index < -0.39 is 28.5 Å². The molecule has 0 aliphatic carbocycles. The number of nitrogens with one attached hydrogen (secondary N) is 1. The van der Waals surface area contributed by atoms with Gasteiger partial charge in [-0.1, -0.05) is 73.2 Å². The molecule has 0 saturated heterocycles. The molecule has 0 saturated carbocycles. The number of hydrogen-bond donors (Lipinski definition) is 1. The summed E-state index contributed by atoms with van der Waals surface area (Å²) in [6.45, 7) is 5.32. The molecule has 3 rings (SSSR count). The second kappa shape index (κ2) is 12.5. The van der Waals surface area contributed by atoms with Crippen molar-refractivity contribution in [2.45, 2.75) is 44.6 Å². The summed E-state index contributed by atoms with van der Waals surface area (Å²) < 4.78 is 28.9. The Morgan fingerprint density at radius 2 is 1.54 bits per heavy atom. The van der Waals surface area contributed by atoms with Crippen LogP contribution in [0.2, 0.25) is 0 Å². The topological polar surface area (TPSA) is 86.8 Å². The number of anilines is 1. The van der Waals surface area contributed by atoms with Crippen molar-refractivity contribution in [3.05, 3.63) is 95.6 Å². The van der Waals surface area contributed by atoms with Gasteiger partial charge in [-0.15, -0.1) is 0 Å². The molecular formula is C29H35N3O4S. The smallest absolute Gasteiger partial charge is 0.264 e. The SMILES string of the molecule is CCc1ccccc1N(CC(=O)N(CCc1ccccc1)[C@@H](C)C(=O)NC)S(=O)(=O)c1ccc(C)cc1. The van der Waals surface area contributed by atoms with Gasteiger partial charge in [-0.25, -0.2) is 8.42 Å². The van der Waals surface area contributed by atoms with Crippen LogP contribution in [0.5, 0.6) is 0 Å². The zero-order chi connectivity index (χ0) is 27.0. The number of para-hydroxylation sites is 1. The average molecular weight is 522 g/mol. The number of rotatable bonds is 11. The van der Waals surface area contributed by atoms with Crippen molar-refractivity contribution in [3.63, 3.8) is 0 Å². The molecule has 3 aromatic rings. The first-order chi connectivity index (χ1) is 17.7. The van der Waals surface area contributed by atoms with Gasteiger partial charge in [0.25, 0.3) is 10.0 Å². The summed E-state index contributed by atoms with van der Waals surface area (Å²) in [5.74, 6) is -0.767. The van der Waals surface area contributed by atoms with Gasteiger partial charge in [-0.3, -0.25) is 13.9 Å². The van der Waals surface area contributed by atoms with E-state index >= 15 is 0 Å². The van der Waals surface area contributed by atoms with E-state index in [1.807, 2.05) is 56.3 Å². The number of likely N-dealkylation sites (N-methyl/N-ethyl adjacent to an activating group) is 1. The molecule has 0 unspecified atom stereocenters. The molecule has 0 spiro atoms. The monoisotopic (exact) mass is 521 g/mol. The van der Waals surface area contributed by atoms with Crippen molar-refractivity contribution < 1.29 is 18.0 Å². The average Bonchev–Trinajstić information content (AvgIpc) is 2.91. The van der Waals surface area contributed by atoms with Crippen molar-refractivity contribution in [3.8, 4) is 0 Å². The van der Waals surface area contributed by atoms with Crippen molar-refractivity contribution >= 4 is 27.5 Å². The van der Waals surface area contributed by atoms with Crippen LogP contribution < -0.4 is 9.62 Å². The fourth-order valence-corrected chi connectivity index (χ4v) is 5.63. The number of carbonyl (C=O) groups is 2. The lowest BCUT2D eigenvalue weighted by Gasteiger charge is -2.32. The molecule has 1 atom stereocenters. The van der Waals surface area contributed by atoms with Crippen molar-refractivity contribution in [1.29, 1.82) is 0 Å². The molecule has 2 amide bonds. The highest BCUT2D eigenvalue weighted by atomic mass is 32.2. The van der Waals surface area contributed by atoms with E-state index in [0.717, 1.165) is 16.7 Å². The number of hydrogen-bond acceptors (Lipinski definition) is 4. The Balaban J connectivity index is 2.01. The van der Waals surface area contributed by atoms with Crippen molar-refractivity contribution in [1.82, 2.24) is 10.2 Å². The summed E-state index contributed by atoms with van der Waals surface area (Å²) >= 11 is 0. The zero-order valence-corrected chi connectivity index (χ0v) is 22.7. The van der Waals surface area contributed by atoms with Crippen molar-refractivity contribution in [2.75, 3.05) is 24.4 Å². The minimum absolute atomic E-state index is 0.104. The molecule has 37 heavy (non-hydrogen) atoms. The lowest BCUT2D eigenvalue weighted by Crippen LogP contribution is -2.51. The van der Waals surface area contributed by atoms with Gasteiger partial charge in [-0.2, -0.15) is 0 Å². The molecule has 0 heterocycles. The van der Waals surface area contributed by atoms with Gasteiger partial charge in [0.05, 0.1) is 10.6 Å². The molecule has 0 aliphatic heterocycles. The van der Waals surface area contributed by atoms with Crippen LogP contribution in [0.3, 0.4) is 0 Å². The minimum atomic E-state index is -4.07. The zero-order valence-electron chi connectivity index (χ0n) is 21.8. The van der Waals surface area contributed by atoms with Gasteiger partial charge < -0.3 is 10.2 Å². The first-order valence-corrected chi connectivity index (χ1v) is 13.8. The maximum atomic E-state index is 13.9. The minimum Gasteiger partial charge on any atom is -0.357 e. The second-order valence-corrected chi connectivity index (χ2v) is 10.8. The third-order valence-electron chi connectivity index (χ3n) is 6.43. The number of benzene rings is 3. The number of sulfonamides is 1. The number of amides is 2. The predicted molar refractivity (Wildman–Crippen MR) is 147 cm³/mol. The van der Waals surface area contributed by atoms with Gasteiger partial charge >= 0.3 is 0 Å². The second-order valence-electron chi connectivity index (χ2n) is 8.92. The third-order valence-corrected chi connectivity index (χ3v) is 8.20. The molecule has 196 valence electrons. The Kier molecular flexibility index (Phi) is 9.47. The van der Waals surface area contributed by atoms with E-state index in [4.69, 9.17) is 0 Å². The van der Waals surface area contributed by atoms with Crippen LogP contribution in [0.1, 0.15) is 30.5 Å². The fraction of sp³-hybridized carbons (Fsp3) is 0.310. The third kappa shape index (κ3) is 6.77. The molecular weight excluding hydrogens is 486 g/mol. The van der Waals surface area contributed by atoms with Crippen LogP contribution in [0.25, 0.3) is 0 Å². The van der Waals surface area contributed by atoms with Crippen LogP contribution in [0, 0.1) is 6.92 Å². The van der Waals surface area contributed by atoms with Gasteiger partial charge in [-0.05, 0) is 56.0 Å². The highest BCUT2D eigenvalue weighted by Crippen LogP contribution is 2.28. The van der Waals surface area contributed by atoms with E-state index in [0.29, 0.717) is 18.5 Å². The van der Waals surface area contributed by atoms with Gasteiger partial charge in [0.1, 0.15) is 12.6 Å². The summed E-state index contributed by atoms with van der Waals surface area (Å²) in [7, 11) is -2.55. The van der Waals surface area contributed by atoms with Gasteiger partial charge in [0, 0.05) is 13.6 Å². The molecule has 1 N–H and O–H groups in total. The summed E-state index contributed by atoms with van der Waals surface area (Å²) in [5.41, 5.74) is 3.21. The summed E-state index contributed by atoms with van der Waals surface area (Å²) in [4.78, 5) is 27.9. The normalized spacial score (nSPS) is 12.0. The Bertz CT molecular complexity index is 1310. The Hall–Kier alpha value is -3.65. The maximum absolute atomic E-state index is 13.9. The predicted octanol–water partition coefficient (Wildman–Crippen LogP) is 3.96. The van der Waals surface area contributed by atoms with Crippen molar-refractivity contribution in [2.24, 2.45) is 0 Å². The quantitative estimate of drug-likeness (QED) is 0.414. The molecule has 3 aromatic carbocycles. The molecule has 7 nitrogen and oxygen atoms in total. The molecule has 0 fully saturated rings. The fourth-order valence-electron chi connectivity index (χ4n) is 4.18. The van der Waals surface area contributed by atoms with Crippen LogP contribution in [-0.4, -0.2) is 51.3 Å². The van der Waals surface area contributed by atoms with Gasteiger partial charge in [0.2, 0.25) is 11.8 Å². The van der Waals surface area contributed by atoms with E-state index in [2.05, 4.69) is 5.32 Å². The molecule has 0 radical (unpaired) electrons. The molecule has 0 aliphatic rings. The molecule has 0 aromatic heterocycles. The maximum Gasteiger partial charge on any atom is 0.264 e. The number of nitrogens with zero attached hydrogens (tertiary/aromatic N) is 2. The standard InChI is InChI=1S/C29H35N3O4S/c1-5-25-13-9-10-14-27(25)32(37(35,36)26-17-15-22(2)16-18-26)21-28(33)31(23(3)29(34)30-4)20-19-24-11-7-6-8-12-24/h6-18,23H,5,19-21H2,1-4H3,(H,30,34)/t23-/m0/s1. The molecule has 0 bridgehead atoms. The van der Waals surface area contributed by atoms with E-state index in [1.54, 1.807) is 43.3 Å². The molecule has 8 heteroatoms. The van der Waals surface area contributed by atoms with Crippen LogP contribution in [0.15, 0.2) is 83.8 Å². The number of carbonyl (C=O) groups excluding carboxylic acids is 2. The first kappa shape index (κ1) is 27.9. The Labute approximate surface area is 220 Å². The summed E-state index contributed by atoms with van der Waals surface area (Å²) in [5, 5.41) is 2.60. The highest BCUT2D eigenvalue weighted by molar-refractivity contribution is 7.92. The summed E-state index contributed by atoms with van der Waals surface area (Å²) in [6, 6.07) is 22.7. The summed E-state index contributed by atoms with van der Waals surface area (Å²) in [6.07, 6.45) is 1.13. The van der Waals surface area contributed by atoms with Gasteiger partial charge in [0.15, 0.2) is 0 Å². The highest BCUT2D eigenvalue weighted by Gasteiger charge is 2.32. The largest absolute Gasteiger partial charge is 0.357 e. The van der Waals surface area contributed by atoms with E-state index in [-0.39, 0.29) is 17.3 Å². The number of aryl methyl sites for hydroxylation is 2. The van der Waals surface area contributed by atoms with Crippen LogP contribution in [0.4, 0.5) is 5.69 Å².